The van der Waals surface area contributed by atoms with E-state index in [1.54, 1.807) is 19.0 Å². The van der Waals surface area contributed by atoms with Crippen molar-refractivity contribution in [1.82, 2.24) is 4.90 Å². The standard InChI is InChI=1S/C10H14N2O4S/c1-11(2)6-7-17(15,16)10-5-3-4-9(8-10)12(13)14/h3-5,8H,6-7H2,1-2H3. The number of hydrogen-bond acceptors (Lipinski definition) is 5. The van der Waals surface area contributed by atoms with E-state index in [0.717, 1.165) is 6.07 Å². The van der Waals surface area contributed by atoms with Crippen LogP contribution in [0, 0.1) is 10.1 Å². The molecule has 0 saturated carbocycles. The first-order valence-electron chi connectivity index (χ1n) is 4.95. The quantitative estimate of drug-likeness (QED) is 0.579. The first kappa shape index (κ1) is 13.6. The lowest BCUT2D eigenvalue weighted by molar-refractivity contribution is -0.385. The highest BCUT2D eigenvalue weighted by Gasteiger charge is 2.17. The molecule has 0 spiro atoms. The van der Waals surface area contributed by atoms with Crippen molar-refractivity contribution in [2.24, 2.45) is 0 Å². The zero-order valence-corrected chi connectivity index (χ0v) is 10.5. The van der Waals surface area contributed by atoms with Crippen LogP contribution in [0.4, 0.5) is 5.69 Å². The summed E-state index contributed by atoms with van der Waals surface area (Å²) in [6.45, 7) is 0.380. The van der Waals surface area contributed by atoms with Crippen LogP contribution in [0.25, 0.3) is 0 Å². The van der Waals surface area contributed by atoms with Crippen LogP contribution in [-0.4, -0.2) is 44.6 Å². The van der Waals surface area contributed by atoms with Gasteiger partial charge in [0, 0.05) is 18.7 Å². The van der Waals surface area contributed by atoms with Gasteiger partial charge in [0.05, 0.1) is 15.6 Å². The summed E-state index contributed by atoms with van der Waals surface area (Å²) in [5, 5.41) is 10.5. The number of hydrogen-bond donors (Lipinski definition) is 0. The summed E-state index contributed by atoms with van der Waals surface area (Å²) in [4.78, 5) is 11.7. The fourth-order valence-corrected chi connectivity index (χ4v) is 2.64. The van der Waals surface area contributed by atoms with Crippen LogP contribution in [0.1, 0.15) is 0 Å². The minimum absolute atomic E-state index is 0.00597. The summed E-state index contributed by atoms with van der Waals surface area (Å²) in [5.74, 6) is -0.0544. The van der Waals surface area contributed by atoms with Crippen molar-refractivity contribution in [3.05, 3.63) is 34.4 Å². The van der Waals surface area contributed by atoms with Crippen LogP contribution < -0.4 is 0 Å². The maximum atomic E-state index is 11.9. The highest BCUT2D eigenvalue weighted by Crippen LogP contribution is 2.18. The lowest BCUT2D eigenvalue weighted by atomic mass is 10.3. The van der Waals surface area contributed by atoms with Gasteiger partial charge in [-0.25, -0.2) is 8.42 Å². The van der Waals surface area contributed by atoms with Gasteiger partial charge in [0.2, 0.25) is 0 Å². The van der Waals surface area contributed by atoms with Crippen LogP contribution in [-0.2, 0) is 9.84 Å². The fourth-order valence-electron chi connectivity index (χ4n) is 1.21. The molecule has 0 amide bonds. The van der Waals surface area contributed by atoms with Gasteiger partial charge in [-0.05, 0) is 20.2 Å². The molecule has 0 heterocycles. The highest BCUT2D eigenvalue weighted by molar-refractivity contribution is 7.91. The van der Waals surface area contributed by atoms with Crippen LogP contribution in [0.2, 0.25) is 0 Å². The van der Waals surface area contributed by atoms with Crippen molar-refractivity contribution < 1.29 is 13.3 Å². The lowest BCUT2D eigenvalue weighted by Crippen LogP contribution is -2.22. The van der Waals surface area contributed by atoms with Crippen LogP contribution in [0.15, 0.2) is 29.2 Å². The predicted octanol–water partition coefficient (Wildman–Crippen LogP) is 0.930. The minimum atomic E-state index is -3.46. The van der Waals surface area contributed by atoms with Gasteiger partial charge < -0.3 is 4.90 Å². The molecule has 0 aromatic heterocycles. The molecule has 0 aliphatic rings. The average Bonchev–Trinajstić information content (AvgIpc) is 2.27. The van der Waals surface area contributed by atoms with Crippen molar-refractivity contribution in [1.29, 1.82) is 0 Å². The molecule has 1 aromatic carbocycles. The maximum Gasteiger partial charge on any atom is 0.270 e. The Morgan fingerprint density at radius 2 is 2.00 bits per heavy atom. The van der Waals surface area contributed by atoms with E-state index in [-0.39, 0.29) is 16.3 Å². The molecular formula is C10H14N2O4S. The molecule has 94 valence electrons. The number of rotatable bonds is 5. The Bertz CT molecular complexity index is 511. The molecule has 0 unspecified atom stereocenters. The SMILES string of the molecule is CN(C)CCS(=O)(=O)c1cccc([N+](=O)[O-])c1. The van der Waals surface area contributed by atoms with Gasteiger partial charge in [0.1, 0.15) is 0 Å². The van der Waals surface area contributed by atoms with Crippen molar-refractivity contribution in [2.75, 3.05) is 26.4 Å². The zero-order valence-electron chi connectivity index (χ0n) is 9.66. The second-order valence-electron chi connectivity index (χ2n) is 3.88. The lowest BCUT2D eigenvalue weighted by Gasteiger charge is -2.09. The monoisotopic (exact) mass is 258 g/mol. The third kappa shape index (κ3) is 3.79. The largest absolute Gasteiger partial charge is 0.308 e. The number of nitrogens with zero attached hydrogens (tertiary/aromatic N) is 2. The smallest absolute Gasteiger partial charge is 0.270 e. The van der Waals surface area contributed by atoms with E-state index in [1.807, 2.05) is 0 Å². The highest BCUT2D eigenvalue weighted by atomic mass is 32.2. The molecule has 6 nitrogen and oxygen atoms in total. The first-order valence-corrected chi connectivity index (χ1v) is 6.60. The molecule has 0 aliphatic heterocycles. The Labute approximate surface area is 99.9 Å². The zero-order chi connectivity index (χ0) is 13.1. The molecular weight excluding hydrogens is 244 g/mol. The third-order valence-electron chi connectivity index (χ3n) is 2.19. The number of nitro benzene ring substituents is 1. The Hall–Kier alpha value is -1.47. The van der Waals surface area contributed by atoms with E-state index in [2.05, 4.69) is 0 Å². The van der Waals surface area contributed by atoms with Crippen molar-refractivity contribution in [3.8, 4) is 0 Å². The van der Waals surface area contributed by atoms with Gasteiger partial charge in [-0.3, -0.25) is 10.1 Å². The third-order valence-corrected chi connectivity index (χ3v) is 3.89. The molecule has 0 radical (unpaired) electrons. The van der Waals surface area contributed by atoms with Gasteiger partial charge in [-0.15, -0.1) is 0 Å². The second kappa shape index (κ2) is 5.24. The van der Waals surface area contributed by atoms with Gasteiger partial charge in [-0.1, -0.05) is 6.07 Å². The predicted molar refractivity (Wildman–Crippen MR) is 63.7 cm³/mol. The fraction of sp³-hybridized carbons (Fsp3) is 0.400. The summed E-state index contributed by atoms with van der Waals surface area (Å²) in [5.41, 5.74) is -0.212. The number of nitro groups is 1. The minimum Gasteiger partial charge on any atom is -0.308 e. The Morgan fingerprint density at radius 3 is 2.53 bits per heavy atom. The topological polar surface area (TPSA) is 80.5 Å². The van der Waals surface area contributed by atoms with Crippen LogP contribution in [0.3, 0.4) is 0 Å². The molecule has 7 heteroatoms. The molecule has 0 aliphatic carbocycles. The Kier molecular flexibility index (Phi) is 4.19. The number of benzene rings is 1. The first-order chi connectivity index (χ1) is 7.83. The van der Waals surface area contributed by atoms with Gasteiger partial charge >= 0.3 is 0 Å². The molecule has 0 saturated heterocycles. The van der Waals surface area contributed by atoms with E-state index < -0.39 is 14.8 Å². The molecule has 1 rings (SSSR count). The van der Waals surface area contributed by atoms with Crippen molar-refractivity contribution >= 4 is 15.5 Å². The van der Waals surface area contributed by atoms with Crippen LogP contribution in [0.5, 0.6) is 0 Å². The van der Waals surface area contributed by atoms with E-state index in [0.29, 0.717) is 6.54 Å². The summed E-state index contributed by atoms with van der Waals surface area (Å²) in [6.07, 6.45) is 0. The van der Waals surface area contributed by atoms with Crippen molar-refractivity contribution in [3.63, 3.8) is 0 Å². The number of sulfone groups is 1. The molecule has 0 N–H and O–H groups in total. The van der Waals surface area contributed by atoms with E-state index >= 15 is 0 Å². The molecule has 1 aromatic rings. The van der Waals surface area contributed by atoms with E-state index in [4.69, 9.17) is 0 Å². The summed E-state index contributed by atoms with van der Waals surface area (Å²) < 4.78 is 23.7. The molecule has 17 heavy (non-hydrogen) atoms. The van der Waals surface area contributed by atoms with E-state index in [9.17, 15) is 18.5 Å². The number of non-ortho nitro benzene ring substituents is 1. The molecule has 0 atom stereocenters. The average molecular weight is 258 g/mol. The Morgan fingerprint density at radius 1 is 1.35 bits per heavy atom. The summed E-state index contributed by atoms with van der Waals surface area (Å²) in [6, 6.07) is 5.11. The summed E-state index contributed by atoms with van der Waals surface area (Å²) in [7, 11) is 0.0762. The van der Waals surface area contributed by atoms with Crippen molar-refractivity contribution in [2.45, 2.75) is 4.90 Å². The van der Waals surface area contributed by atoms with Crippen LogP contribution >= 0.6 is 0 Å². The van der Waals surface area contributed by atoms with Gasteiger partial charge in [0.15, 0.2) is 9.84 Å². The van der Waals surface area contributed by atoms with Gasteiger partial charge in [0.25, 0.3) is 5.69 Å². The van der Waals surface area contributed by atoms with Gasteiger partial charge in [-0.2, -0.15) is 0 Å². The normalized spacial score (nSPS) is 11.7. The van der Waals surface area contributed by atoms with E-state index in [1.165, 1.54) is 18.2 Å². The molecule has 0 bridgehead atoms. The molecule has 0 fully saturated rings. The maximum absolute atomic E-state index is 11.9. The summed E-state index contributed by atoms with van der Waals surface area (Å²) >= 11 is 0. The Balaban J connectivity index is 2.99. The second-order valence-corrected chi connectivity index (χ2v) is 5.99.